The summed E-state index contributed by atoms with van der Waals surface area (Å²) in [6.07, 6.45) is 0.583. The second kappa shape index (κ2) is 4.61. The molecular weight excluding hydrogens is 238 g/mol. The molecule has 0 saturated carbocycles. The summed E-state index contributed by atoms with van der Waals surface area (Å²) in [5, 5.41) is 8.74. The van der Waals surface area contributed by atoms with Gasteiger partial charge in [0.25, 0.3) is 5.91 Å². The van der Waals surface area contributed by atoms with Gasteiger partial charge in [-0.3, -0.25) is 14.5 Å². The van der Waals surface area contributed by atoms with E-state index in [0.29, 0.717) is 11.6 Å². The number of aliphatic carboxylic acids is 1. The first-order valence-electron chi connectivity index (χ1n) is 5.38. The van der Waals surface area contributed by atoms with Crippen molar-refractivity contribution < 1.29 is 19.4 Å². The zero-order chi connectivity index (χ0) is 13.3. The summed E-state index contributed by atoms with van der Waals surface area (Å²) < 4.78 is 5.44. The molecule has 1 amide bonds. The van der Waals surface area contributed by atoms with Crippen LogP contribution < -0.4 is 15.4 Å². The van der Waals surface area contributed by atoms with Crippen molar-refractivity contribution in [2.45, 2.75) is 18.6 Å². The Labute approximate surface area is 103 Å². The zero-order valence-corrected chi connectivity index (χ0v) is 9.74. The Morgan fingerprint density at radius 1 is 1.72 bits per heavy atom. The number of hydrogen-bond donors (Lipinski definition) is 2. The maximum absolute atomic E-state index is 12.0. The molecule has 0 spiro atoms. The lowest BCUT2D eigenvalue weighted by Crippen LogP contribution is -2.48. The molecule has 0 bridgehead atoms. The van der Waals surface area contributed by atoms with Crippen molar-refractivity contribution in [3.8, 4) is 5.75 Å². The Morgan fingerprint density at radius 3 is 3.11 bits per heavy atom. The van der Waals surface area contributed by atoms with Gasteiger partial charge in [-0.2, -0.15) is 0 Å². The average Bonchev–Trinajstić information content (AvgIpc) is 2.35. The molecule has 1 aromatic rings. The summed E-state index contributed by atoms with van der Waals surface area (Å²) in [4.78, 5) is 28.0. The Bertz CT molecular complexity index is 491. The number of carboxylic acids is 1. The Kier molecular flexibility index (Phi) is 3.15. The number of fused-ring (bicyclic) bond motifs is 1. The van der Waals surface area contributed by atoms with E-state index in [0.717, 1.165) is 0 Å². The number of rotatable bonds is 3. The molecule has 2 unspecified atom stereocenters. The van der Waals surface area contributed by atoms with Crippen molar-refractivity contribution in [1.82, 2.24) is 4.98 Å². The van der Waals surface area contributed by atoms with E-state index >= 15 is 0 Å². The molecule has 2 atom stereocenters. The van der Waals surface area contributed by atoms with Crippen LogP contribution >= 0.6 is 0 Å². The standard InChI is InChI=1S/C11H13N3O4/c1-14-9-7(3-2-4-13-9)18-8(10(14)15)5-6(12)11(16)17/h2-4,6,8H,5,12H2,1H3,(H,16,17). The third-order valence-corrected chi connectivity index (χ3v) is 2.73. The van der Waals surface area contributed by atoms with Crippen LogP contribution in [0.2, 0.25) is 0 Å². The minimum atomic E-state index is -1.16. The molecule has 1 aromatic heterocycles. The van der Waals surface area contributed by atoms with Gasteiger partial charge in [-0.05, 0) is 12.1 Å². The Morgan fingerprint density at radius 2 is 2.44 bits per heavy atom. The highest BCUT2D eigenvalue weighted by Gasteiger charge is 2.35. The van der Waals surface area contributed by atoms with Crippen LogP contribution in [-0.2, 0) is 9.59 Å². The smallest absolute Gasteiger partial charge is 0.320 e. The van der Waals surface area contributed by atoms with Crippen molar-refractivity contribution >= 4 is 17.7 Å². The number of nitrogens with zero attached hydrogens (tertiary/aromatic N) is 2. The molecule has 1 aliphatic rings. The van der Waals surface area contributed by atoms with E-state index < -0.39 is 18.1 Å². The highest BCUT2D eigenvalue weighted by atomic mass is 16.5. The molecule has 18 heavy (non-hydrogen) atoms. The van der Waals surface area contributed by atoms with Gasteiger partial charge in [-0.25, -0.2) is 4.98 Å². The van der Waals surface area contributed by atoms with Crippen LogP contribution in [0.5, 0.6) is 5.75 Å². The van der Waals surface area contributed by atoms with E-state index in [2.05, 4.69) is 4.98 Å². The van der Waals surface area contributed by atoms with Crippen LogP contribution in [0.3, 0.4) is 0 Å². The van der Waals surface area contributed by atoms with Crippen LogP contribution in [0.4, 0.5) is 5.82 Å². The molecule has 0 aromatic carbocycles. The quantitative estimate of drug-likeness (QED) is 0.757. The molecule has 0 aliphatic carbocycles. The molecule has 7 heteroatoms. The van der Waals surface area contributed by atoms with Gasteiger partial charge in [-0.1, -0.05) is 0 Å². The van der Waals surface area contributed by atoms with Gasteiger partial charge in [0.15, 0.2) is 17.7 Å². The number of carbonyl (C=O) groups excluding carboxylic acids is 1. The maximum atomic E-state index is 12.0. The molecule has 7 nitrogen and oxygen atoms in total. The van der Waals surface area contributed by atoms with Gasteiger partial charge < -0.3 is 15.6 Å². The van der Waals surface area contributed by atoms with Gasteiger partial charge in [0.05, 0.1) is 0 Å². The first-order valence-corrected chi connectivity index (χ1v) is 5.38. The van der Waals surface area contributed by atoms with Crippen LogP contribution in [0.1, 0.15) is 6.42 Å². The summed E-state index contributed by atoms with van der Waals surface area (Å²) in [5.41, 5.74) is 5.41. The number of aromatic nitrogens is 1. The monoisotopic (exact) mass is 251 g/mol. The van der Waals surface area contributed by atoms with Gasteiger partial charge in [-0.15, -0.1) is 0 Å². The number of likely N-dealkylation sites (N-methyl/N-ethyl adjacent to an activating group) is 1. The molecule has 96 valence electrons. The van der Waals surface area contributed by atoms with Crippen LogP contribution in [0.15, 0.2) is 18.3 Å². The zero-order valence-electron chi connectivity index (χ0n) is 9.74. The predicted octanol–water partition coefficient (Wildman–Crippen LogP) is -0.393. The van der Waals surface area contributed by atoms with E-state index in [4.69, 9.17) is 15.6 Å². The normalized spacial score (nSPS) is 20.0. The molecule has 1 aliphatic heterocycles. The lowest BCUT2D eigenvalue weighted by atomic mass is 10.1. The number of carbonyl (C=O) groups is 2. The highest BCUT2D eigenvalue weighted by Crippen LogP contribution is 2.31. The van der Waals surface area contributed by atoms with Crippen LogP contribution in [0, 0.1) is 0 Å². The van der Waals surface area contributed by atoms with E-state index in [-0.39, 0.29) is 12.3 Å². The van der Waals surface area contributed by atoms with Gasteiger partial charge in [0.2, 0.25) is 0 Å². The summed E-state index contributed by atoms with van der Waals surface area (Å²) in [5.74, 6) is -0.645. The molecule has 2 heterocycles. The second-order valence-electron chi connectivity index (χ2n) is 4.01. The van der Waals surface area contributed by atoms with Crippen molar-refractivity contribution in [3.05, 3.63) is 18.3 Å². The number of hydrogen-bond acceptors (Lipinski definition) is 5. The Hall–Kier alpha value is -2.15. The third-order valence-electron chi connectivity index (χ3n) is 2.73. The number of ether oxygens (including phenoxy) is 1. The summed E-state index contributed by atoms with van der Waals surface area (Å²) in [6, 6.07) is 2.21. The fraction of sp³-hybridized carbons (Fsp3) is 0.364. The summed E-state index contributed by atoms with van der Waals surface area (Å²) >= 11 is 0. The minimum Gasteiger partial charge on any atom is -0.480 e. The van der Waals surface area contributed by atoms with E-state index in [1.807, 2.05) is 0 Å². The molecule has 2 rings (SSSR count). The van der Waals surface area contributed by atoms with Gasteiger partial charge >= 0.3 is 5.97 Å². The largest absolute Gasteiger partial charge is 0.480 e. The number of anilines is 1. The number of pyridine rings is 1. The molecule has 0 fully saturated rings. The lowest BCUT2D eigenvalue weighted by molar-refractivity contribution is -0.139. The Balaban J connectivity index is 2.22. The molecular formula is C11H13N3O4. The van der Waals surface area contributed by atoms with E-state index in [9.17, 15) is 9.59 Å². The lowest BCUT2D eigenvalue weighted by Gasteiger charge is -2.31. The van der Waals surface area contributed by atoms with E-state index in [1.165, 1.54) is 4.90 Å². The van der Waals surface area contributed by atoms with Crippen molar-refractivity contribution in [1.29, 1.82) is 0 Å². The first kappa shape index (κ1) is 12.3. The fourth-order valence-electron chi connectivity index (χ4n) is 1.73. The predicted molar refractivity (Wildman–Crippen MR) is 62.3 cm³/mol. The SMILES string of the molecule is CN1C(=O)C(CC(N)C(=O)O)Oc2cccnc21. The highest BCUT2D eigenvalue weighted by molar-refractivity contribution is 5.98. The molecule has 3 N–H and O–H groups in total. The van der Waals surface area contributed by atoms with Crippen LogP contribution in [-0.4, -0.2) is 41.2 Å². The maximum Gasteiger partial charge on any atom is 0.320 e. The average molecular weight is 251 g/mol. The van der Waals surface area contributed by atoms with E-state index in [1.54, 1.807) is 25.4 Å². The number of carboxylic acid groups (broad SMARTS) is 1. The number of amides is 1. The summed E-state index contributed by atoms with van der Waals surface area (Å²) in [7, 11) is 1.57. The fourth-order valence-corrected chi connectivity index (χ4v) is 1.73. The minimum absolute atomic E-state index is 0.0765. The molecule has 0 radical (unpaired) electrons. The topological polar surface area (TPSA) is 106 Å². The number of nitrogens with two attached hydrogens (primary N) is 1. The van der Waals surface area contributed by atoms with Crippen molar-refractivity contribution in [3.63, 3.8) is 0 Å². The first-order chi connectivity index (χ1) is 8.50. The molecule has 0 saturated heterocycles. The van der Waals surface area contributed by atoms with Crippen LogP contribution in [0.25, 0.3) is 0 Å². The van der Waals surface area contributed by atoms with Gasteiger partial charge in [0, 0.05) is 19.7 Å². The van der Waals surface area contributed by atoms with Gasteiger partial charge in [0.1, 0.15) is 6.04 Å². The second-order valence-corrected chi connectivity index (χ2v) is 4.01. The summed E-state index contributed by atoms with van der Waals surface area (Å²) in [6.45, 7) is 0. The van der Waals surface area contributed by atoms with Crippen molar-refractivity contribution in [2.75, 3.05) is 11.9 Å². The third kappa shape index (κ3) is 2.12. The van der Waals surface area contributed by atoms with Crippen molar-refractivity contribution in [2.24, 2.45) is 5.73 Å².